The summed E-state index contributed by atoms with van der Waals surface area (Å²) in [4.78, 5) is 2.60. The summed E-state index contributed by atoms with van der Waals surface area (Å²) in [6, 6.07) is 4.18. The van der Waals surface area contributed by atoms with Gasteiger partial charge in [-0.3, -0.25) is 4.90 Å². The van der Waals surface area contributed by atoms with Gasteiger partial charge in [0.25, 0.3) is 0 Å². The van der Waals surface area contributed by atoms with Crippen molar-refractivity contribution in [3.8, 4) is 0 Å². The van der Waals surface area contributed by atoms with E-state index in [4.69, 9.17) is 9.15 Å². The van der Waals surface area contributed by atoms with E-state index >= 15 is 0 Å². The van der Waals surface area contributed by atoms with Crippen LogP contribution >= 0.6 is 0 Å². The molecule has 0 spiro atoms. The Bertz CT molecular complexity index is 400. The third-order valence-corrected chi connectivity index (χ3v) is 4.88. The van der Waals surface area contributed by atoms with E-state index in [1.165, 1.54) is 32.1 Å². The van der Waals surface area contributed by atoms with Gasteiger partial charge in [0.1, 0.15) is 11.9 Å². The van der Waals surface area contributed by atoms with Crippen molar-refractivity contribution in [3.63, 3.8) is 0 Å². The van der Waals surface area contributed by atoms with Gasteiger partial charge in [-0.25, -0.2) is 0 Å². The van der Waals surface area contributed by atoms with Gasteiger partial charge in [-0.1, -0.05) is 12.8 Å². The van der Waals surface area contributed by atoms with Crippen LogP contribution in [-0.4, -0.2) is 42.4 Å². The number of furan rings is 1. The van der Waals surface area contributed by atoms with Gasteiger partial charge in [0, 0.05) is 19.2 Å². The minimum atomic E-state index is -0.481. The molecule has 2 aliphatic rings. The molecular weight excluding hydrogens is 266 g/mol. The van der Waals surface area contributed by atoms with Crippen LogP contribution in [0.2, 0.25) is 0 Å². The van der Waals surface area contributed by atoms with Crippen LogP contribution in [0.3, 0.4) is 0 Å². The van der Waals surface area contributed by atoms with Gasteiger partial charge in [0.05, 0.1) is 12.9 Å². The number of aliphatic hydroxyl groups is 1. The SMILES string of the molecule is O[C@H](C[C@@H]1CCCCCN1C[C@@H]1CCOC1)c1ccco1. The first-order chi connectivity index (χ1) is 10.3. The fraction of sp³-hybridized carbons (Fsp3) is 0.765. The molecule has 3 heterocycles. The van der Waals surface area contributed by atoms with Crippen LogP contribution in [0.25, 0.3) is 0 Å². The highest BCUT2D eigenvalue weighted by Crippen LogP contribution is 2.28. The second-order valence-corrected chi connectivity index (χ2v) is 6.49. The van der Waals surface area contributed by atoms with E-state index in [9.17, 15) is 5.11 Å². The number of hydrogen-bond acceptors (Lipinski definition) is 4. The first-order valence-electron chi connectivity index (χ1n) is 8.36. The fourth-order valence-electron chi connectivity index (χ4n) is 3.66. The zero-order chi connectivity index (χ0) is 14.5. The molecule has 2 aliphatic heterocycles. The van der Waals surface area contributed by atoms with Crippen LogP contribution in [0.4, 0.5) is 0 Å². The first-order valence-corrected chi connectivity index (χ1v) is 8.36. The Labute approximate surface area is 127 Å². The van der Waals surface area contributed by atoms with E-state index in [1.807, 2.05) is 12.1 Å². The molecule has 0 bridgehead atoms. The molecule has 0 aliphatic carbocycles. The van der Waals surface area contributed by atoms with Crippen molar-refractivity contribution in [1.82, 2.24) is 4.90 Å². The third kappa shape index (κ3) is 4.09. The van der Waals surface area contributed by atoms with E-state index in [1.54, 1.807) is 6.26 Å². The molecule has 4 heteroatoms. The lowest BCUT2D eigenvalue weighted by atomic mass is 10.00. The summed E-state index contributed by atoms with van der Waals surface area (Å²) in [5.41, 5.74) is 0. The molecule has 21 heavy (non-hydrogen) atoms. The van der Waals surface area contributed by atoms with Crippen molar-refractivity contribution in [2.24, 2.45) is 5.92 Å². The molecule has 1 N–H and O–H groups in total. The van der Waals surface area contributed by atoms with Crippen molar-refractivity contribution in [1.29, 1.82) is 0 Å². The summed E-state index contributed by atoms with van der Waals surface area (Å²) < 4.78 is 10.9. The molecule has 3 rings (SSSR count). The molecule has 0 unspecified atom stereocenters. The maximum absolute atomic E-state index is 10.4. The Balaban J connectivity index is 1.60. The minimum absolute atomic E-state index is 0.466. The van der Waals surface area contributed by atoms with Gasteiger partial charge >= 0.3 is 0 Å². The molecular formula is C17H27NO3. The van der Waals surface area contributed by atoms with Gasteiger partial charge in [-0.15, -0.1) is 0 Å². The molecule has 0 amide bonds. The topological polar surface area (TPSA) is 45.8 Å². The quantitative estimate of drug-likeness (QED) is 0.906. The molecule has 4 nitrogen and oxygen atoms in total. The van der Waals surface area contributed by atoms with Gasteiger partial charge in [0.15, 0.2) is 0 Å². The van der Waals surface area contributed by atoms with Crippen LogP contribution in [0, 0.1) is 5.92 Å². The molecule has 1 aromatic rings. The highest BCUT2D eigenvalue weighted by atomic mass is 16.5. The first kappa shape index (κ1) is 15.1. The van der Waals surface area contributed by atoms with E-state index in [0.717, 1.165) is 32.7 Å². The average molecular weight is 293 g/mol. The van der Waals surface area contributed by atoms with Crippen molar-refractivity contribution >= 4 is 0 Å². The number of rotatable bonds is 5. The molecule has 3 atom stereocenters. The lowest BCUT2D eigenvalue weighted by molar-refractivity contribution is 0.0764. The smallest absolute Gasteiger partial charge is 0.132 e. The Hall–Kier alpha value is -0.840. The summed E-state index contributed by atoms with van der Waals surface area (Å²) in [5, 5.41) is 10.4. The Morgan fingerprint density at radius 1 is 1.29 bits per heavy atom. The zero-order valence-electron chi connectivity index (χ0n) is 12.7. The van der Waals surface area contributed by atoms with Crippen molar-refractivity contribution in [2.45, 2.75) is 50.7 Å². The predicted octanol–water partition coefficient (Wildman–Crippen LogP) is 2.98. The van der Waals surface area contributed by atoms with Gasteiger partial charge < -0.3 is 14.3 Å². The number of aliphatic hydroxyl groups excluding tert-OH is 1. The summed E-state index contributed by atoms with van der Waals surface area (Å²) in [6.07, 6.45) is 8.17. The van der Waals surface area contributed by atoms with E-state index < -0.39 is 6.10 Å². The highest BCUT2D eigenvalue weighted by Gasteiger charge is 2.28. The van der Waals surface area contributed by atoms with Gasteiger partial charge in [0.2, 0.25) is 0 Å². The van der Waals surface area contributed by atoms with Crippen molar-refractivity contribution in [3.05, 3.63) is 24.2 Å². The van der Waals surface area contributed by atoms with Gasteiger partial charge in [-0.05, 0) is 50.3 Å². The van der Waals surface area contributed by atoms with Crippen molar-refractivity contribution in [2.75, 3.05) is 26.3 Å². The lowest BCUT2D eigenvalue weighted by Gasteiger charge is -2.32. The largest absolute Gasteiger partial charge is 0.467 e. The van der Waals surface area contributed by atoms with Crippen molar-refractivity contribution < 1.29 is 14.3 Å². The normalized spacial score (nSPS) is 29.4. The van der Waals surface area contributed by atoms with Crippen LogP contribution in [0.15, 0.2) is 22.8 Å². The summed E-state index contributed by atoms with van der Waals surface area (Å²) in [7, 11) is 0. The van der Waals surface area contributed by atoms with Crippen LogP contribution in [0.5, 0.6) is 0 Å². The molecule has 0 radical (unpaired) electrons. The standard InChI is InChI=1S/C17H27NO3/c19-16(17-6-4-9-21-17)11-15-5-2-1-3-8-18(15)12-14-7-10-20-13-14/h4,6,9,14-16,19H,1-3,5,7-8,10-13H2/t14-,15-,16+/m0/s1. The maximum Gasteiger partial charge on any atom is 0.132 e. The third-order valence-electron chi connectivity index (χ3n) is 4.88. The predicted molar refractivity (Wildman–Crippen MR) is 81.0 cm³/mol. The van der Waals surface area contributed by atoms with E-state index in [0.29, 0.717) is 17.7 Å². The van der Waals surface area contributed by atoms with Gasteiger partial charge in [-0.2, -0.15) is 0 Å². The monoisotopic (exact) mass is 293 g/mol. The lowest BCUT2D eigenvalue weighted by Crippen LogP contribution is -2.39. The maximum atomic E-state index is 10.4. The molecule has 0 aromatic carbocycles. The second-order valence-electron chi connectivity index (χ2n) is 6.49. The second kappa shape index (κ2) is 7.43. The van der Waals surface area contributed by atoms with E-state index in [-0.39, 0.29) is 0 Å². The molecule has 118 valence electrons. The molecule has 2 saturated heterocycles. The zero-order valence-corrected chi connectivity index (χ0v) is 12.7. The highest BCUT2D eigenvalue weighted by molar-refractivity contribution is 5.02. The van der Waals surface area contributed by atoms with E-state index in [2.05, 4.69) is 4.90 Å². The molecule has 1 aromatic heterocycles. The number of hydrogen-bond donors (Lipinski definition) is 1. The summed E-state index contributed by atoms with van der Waals surface area (Å²) in [6.45, 7) is 4.10. The number of ether oxygens (including phenoxy) is 1. The summed E-state index contributed by atoms with van der Waals surface area (Å²) in [5.74, 6) is 1.37. The minimum Gasteiger partial charge on any atom is -0.467 e. The molecule has 2 fully saturated rings. The average Bonchev–Trinajstić information content (AvgIpc) is 3.14. The van der Waals surface area contributed by atoms with Crippen LogP contribution in [0.1, 0.15) is 50.4 Å². The summed E-state index contributed by atoms with van der Waals surface area (Å²) >= 11 is 0. The fourth-order valence-corrected chi connectivity index (χ4v) is 3.66. The molecule has 0 saturated carbocycles. The Morgan fingerprint density at radius 3 is 3.00 bits per heavy atom. The number of nitrogens with zero attached hydrogens (tertiary/aromatic N) is 1. The van der Waals surface area contributed by atoms with Crippen LogP contribution < -0.4 is 0 Å². The van der Waals surface area contributed by atoms with Crippen LogP contribution in [-0.2, 0) is 4.74 Å². The number of likely N-dealkylation sites (tertiary alicyclic amines) is 1. The Kier molecular flexibility index (Phi) is 5.33. The Morgan fingerprint density at radius 2 is 2.24 bits per heavy atom.